The Morgan fingerprint density at radius 1 is 1.24 bits per heavy atom. The standard InChI is InChI=1S/C14H23ClN4O2/c1-2-10-21-14-17-12(15)16-13(18-14)19(8-9-20)11-6-4-3-5-7-11/h11,20H,2-10H2,1H3. The second-order valence-electron chi connectivity index (χ2n) is 5.24. The molecule has 118 valence electrons. The molecule has 1 aliphatic carbocycles. The van der Waals surface area contributed by atoms with Gasteiger partial charge >= 0.3 is 6.01 Å². The van der Waals surface area contributed by atoms with Crippen molar-refractivity contribution >= 4 is 17.5 Å². The van der Waals surface area contributed by atoms with Crippen LogP contribution in [0.3, 0.4) is 0 Å². The Hall–Kier alpha value is -1.14. The average Bonchev–Trinajstić information content (AvgIpc) is 2.51. The topological polar surface area (TPSA) is 71.4 Å². The van der Waals surface area contributed by atoms with Crippen LogP contribution in [0, 0.1) is 0 Å². The van der Waals surface area contributed by atoms with Gasteiger partial charge in [-0.3, -0.25) is 0 Å². The smallest absolute Gasteiger partial charge is 0.322 e. The normalized spacial score (nSPS) is 16.0. The second kappa shape index (κ2) is 8.34. The fraction of sp³-hybridized carbons (Fsp3) is 0.786. The summed E-state index contributed by atoms with van der Waals surface area (Å²) in [6.07, 6.45) is 6.73. The molecule has 0 aliphatic heterocycles. The maximum atomic E-state index is 9.33. The molecule has 1 N–H and O–H groups in total. The van der Waals surface area contributed by atoms with Crippen LogP contribution in [0.5, 0.6) is 6.01 Å². The molecule has 1 heterocycles. The molecule has 7 heteroatoms. The van der Waals surface area contributed by atoms with Crippen LogP contribution in [0.15, 0.2) is 0 Å². The van der Waals surface area contributed by atoms with Crippen LogP contribution in [-0.4, -0.2) is 45.9 Å². The molecule has 21 heavy (non-hydrogen) atoms. The summed E-state index contributed by atoms with van der Waals surface area (Å²) in [4.78, 5) is 14.6. The summed E-state index contributed by atoms with van der Waals surface area (Å²) in [5.74, 6) is 0.502. The molecular formula is C14H23ClN4O2. The Balaban J connectivity index is 2.19. The second-order valence-corrected chi connectivity index (χ2v) is 5.58. The fourth-order valence-electron chi connectivity index (χ4n) is 2.65. The molecule has 1 fully saturated rings. The third-order valence-corrected chi connectivity index (χ3v) is 3.79. The van der Waals surface area contributed by atoms with E-state index in [9.17, 15) is 5.11 Å². The third kappa shape index (κ3) is 4.68. The summed E-state index contributed by atoms with van der Waals surface area (Å²) in [5, 5.41) is 9.46. The highest BCUT2D eigenvalue weighted by molar-refractivity contribution is 6.28. The van der Waals surface area contributed by atoms with Crippen LogP contribution in [0.1, 0.15) is 45.4 Å². The lowest BCUT2D eigenvalue weighted by molar-refractivity contribution is 0.282. The summed E-state index contributed by atoms with van der Waals surface area (Å²) in [5.41, 5.74) is 0. The van der Waals surface area contributed by atoms with Gasteiger partial charge in [0.1, 0.15) is 0 Å². The van der Waals surface area contributed by atoms with Crippen molar-refractivity contribution in [3.05, 3.63) is 5.28 Å². The molecule has 0 bridgehead atoms. The van der Waals surface area contributed by atoms with Crippen molar-refractivity contribution in [3.8, 4) is 6.01 Å². The highest BCUT2D eigenvalue weighted by Gasteiger charge is 2.24. The van der Waals surface area contributed by atoms with Crippen LogP contribution >= 0.6 is 11.6 Å². The van der Waals surface area contributed by atoms with Gasteiger partial charge in [-0.05, 0) is 30.9 Å². The number of aromatic nitrogens is 3. The van der Waals surface area contributed by atoms with Crippen molar-refractivity contribution < 1.29 is 9.84 Å². The zero-order valence-electron chi connectivity index (χ0n) is 12.5. The molecule has 1 saturated carbocycles. The number of aliphatic hydroxyl groups excluding tert-OH is 1. The summed E-state index contributed by atoms with van der Waals surface area (Å²) in [7, 11) is 0. The molecule has 0 radical (unpaired) electrons. The summed E-state index contributed by atoms with van der Waals surface area (Å²) in [6.45, 7) is 3.12. The largest absolute Gasteiger partial charge is 0.463 e. The summed E-state index contributed by atoms with van der Waals surface area (Å²) >= 11 is 5.98. The lowest BCUT2D eigenvalue weighted by Gasteiger charge is -2.33. The maximum Gasteiger partial charge on any atom is 0.322 e. The fourth-order valence-corrected chi connectivity index (χ4v) is 2.80. The molecule has 0 aromatic carbocycles. The lowest BCUT2D eigenvalue weighted by atomic mass is 9.94. The van der Waals surface area contributed by atoms with Crippen molar-refractivity contribution in [3.63, 3.8) is 0 Å². The van der Waals surface area contributed by atoms with Gasteiger partial charge < -0.3 is 14.7 Å². The zero-order chi connectivity index (χ0) is 15.1. The van der Waals surface area contributed by atoms with E-state index in [0.29, 0.717) is 25.1 Å². The monoisotopic (exact) mass is 314 g/mol. The van der Waals surface area contributed by atoms with E-state index in [2.05, 4.69) is 15.0 Å². The first-order valence-electron chi connectivity index (χ1n) is 7.66. The minimum Gasteiger partial charge on any atom is -0.463 e. The predicted octanol–water partition coefficient (Wildman–Crippen LogP) is 2.45. The van der Waals surface area contributed by atoms with E-state index in [0.717, 1.165) is 19.3 Å². The highest BCUT2D eigenvalue weighted by Crippen LogP contribution is 2.26. The van der Waals surface area contributed by atoms with Gasteiger partial charge in [-0.15, -0.1) is 0 Å². The third-order valence-electron chi connectivity index (χ3n) is 3.62. The molecule has 0 spiro atoms. The number of rotatable bonds is 7. The SMILES string of the molecule is CCCOc1nc(Cl)nc(N(CCO)C2CCCCC2)n1. The highest BCUT2D eigenvalue weighted by atomic mass is 35.5. The first-order chi connectivity index (χ1) is 10.2. The summed E-state index contributed by atoms with van der Waals surface area (Å²) < 4.78 is 5.46. The minimum absolute atomic E-state index is 0.0605. The van der Waals surface area contributed by atoms with Gasteiger partial charge in [0, 0.05) is 12.6 Å². The first kappa shape index (κ1) is 16.2. The zero-order valence-corrected chi connectivity index (χ0v) is 13.2. The van der Waals surface area contributed by atoms with E-state index in [-0.39, 0.29) is 17.9 Å². The Morgan fingerprint density at radius 2 is 2.00 bits per heavy atom. The Kier molecular flexibility index (Phi) is 6.45. The molecule has 1 aromatic rings. The number of hydrogen-bond donors (Lipinski definition) is 1. The number of ether oxygens (including phenoxy) is 1. The van der Waals surface area contributed by atoms with Crippen LogP contribution < -0.4 is 9.64 Å². The van der Waals surface area contributed by atoms with E-state index in [1.807, 2.05) is 11.8 Å². The molecule has 6 nitrogen and oxygen atoms in total. The molecule has 0 saturated heterocycles. The Morgan fingerprint density at radius 3 is 2.67 bits per heavy atom. The van der Waals surface area contributed by atoms with Crippen LogP contribution in [0.25, 0.3) is 0 Å². The molecule has 2 rings (SSSR count). The minimum atomic E-state index is 0.0605. The van der Waals surface area contributed by atoms with Gasteiger partial charge in [-0.1, -0.05) is 26.2 Å². The average molecular weight is 315 g/mol. The van der Waals surface area contributed by atoms with Gasteiger partial charge in [-0.2, -0.15) is 15.0 Å². The number of nitrogens with zero attached hydrogens (tertiary/aromatic N) is 4. The molecule has 1 aliphatic rings. The first-order valence-corrected chi connectivity index (χ1v) is 8.04. The number of hydrogen-bond acceptors (Lipinski definition) is 6. The van der Waals surface area contributed by atoms with Crippen LogP contribution in [0.4, 0.5) is 5.95 Å². The molecule has 0 unspecified atom stereocenters. The molecule has 0 atom stereocenters. The van der Waals surface area contributed by atoms with Crippen LogP contribution in [-0.2, 0) is 0 Å². The molecule has 1 aromatic heterocycles. The van der Waals surface area contributed by atoms with E-state index < -0.39 is 0 Å². The van der Waals surface area contributed by atoms with E-state index in [1.165, 1.54) is 19.3 Å². The van der Waals surface area contributed by atoms with Gasteiger partial charge in [0.05, 0.1) is 13.2 Å². The van der Waals surface area contributed by atoms with Crippen LogP contribution in [0.2, 0.25) is 5.28 Å². The molecule has 0 amide bonds. The van der Waals surface area contributed by atoms with Crippen molar-refractivity contribution in [2.24, 2.45) is 0 Å². The van der Waals surface area contributed by atoms with Gasteiger partial charge in [0.15, 0.2) is 0 Å². The van der Waals surface area contributed by atoms with Crippen molar-refractivity contribution in [2.45, 2.75) is 51.5 Å². The quantitative estimate of drug-likeness (QED) is 0.833. The van der Waals surface area contributed by atoms with Gasteiger partial charge in [-0.25, -0.2) is 0 Å². The van der Waals surface area contributed by atoms with Crippen molar-refractivity contribution in [2.75, 3.05) is 24.7 Å². The maximum absolute atomic E-state index is 9.33. The summed E-state index contributed by atoms with van der Waals surface area (Å²) in [6, 6.07) is 0.606. The lowest BCUT2D eigenvalue weighted by Crippen LogP contribution is -2.40. The molecular weight excluding hydrogens is 292 g/mol. The van der Waals surface area contributed by atoms with E-state index in [4.69, 9.17) is 16.3 Å². The Labute approximate surface area is 130 Å². The number of anilines is 1. The number of halogens is 1. The van der Waals surface area contributed by atoms with E-state index >= 15 is 0 Å². The Bertz CT molecular complexity index is 441. The van der Waals surface area contributed by atoms with Crippen molar-refractivity contribution in [1.82, 2.24) is 15.0 Å². The van der Waals surface area contributed by atoms with Gasteiger partial charge in [0.25, 0.3) is 0 Å². The number of aliphatic hydroxyl groups is 1. The predicted molar refractivity (Wildman–Crippen MR) is 81.9 cm³/mol. The van der Waals surface area contributed by atoms with Gasteiger partial charge in [0.2, 0.25) is 11.2 Å². The van der Waals surface area contributed by atoms with E-state index in [1.54, 1.807) is 0 Å². The van der Waals surface area contributed by atoms with Crippen molar-refractivity contribution in [1.29, 1.82) is 0 Å².